The monoisotopic (exact) mass is 409 g/mol. The van der Waals surface area contributed by atoms with Gasteiger partial charge in [-0.2, -0.15) is 0 Å². The fourth-order valence-corrected chi connectivity index (χ4v) is 3.81. The summed E-state index contributed by atoms with van der Waals surface area (Å²) >= 11 is 0. The van der Waals surface area contributed by atoms with E-state index in [0.29, 0.717) is 11.3 Å². The average molecular weight is 409 g/mol. The first-order valence-corrected chi connectivity index (χ1v) is 10.3. The lowest BCUT2D eigenvalue weighted by atomic mass is 10.1. The van der Waals surface area contributed by atoms with Crippen LogP contribution in [0.15, 0.2) is 42.5 Å². The second-order valence-electron chi connectivity index (χ2n) is 7.80. The van der Waals surface area contributed by atoms with Crippen molar-refractivity contribution < 1.29 is 19.1 Å². The van der Waals surface area contributed by atoms with E-state index < -0.39 is 0 Å². The van der Waals surface area contributed by atoms with Crippen LogP contribution in [0.3, 0.4) is 0 Å². The van der Waals surface area contributed by atoms with Gasteiger partial charge in [0, 0.05) is 44.0 Å². The van der Waals surface area contributed by atoms with E-state index in [0.717, 1.165) is 44.2 Å². The Morgan fingerprint density at radius 2 is 1.70 bits per heavy atom. The first kappa shape index (κ1) is 20.4. The Morgan fingerprint density at radius 1 is 1.00 bits per heavy atom. The predicted molar refractivity (Wildman–Crippen MR) is 114 cm³/mol. The smallest absolute Gasteiger partial charge is 0.241 e. The lowest BCUT2D eigenvalue weighted by Gasteiger charge is -2.37. The maximum atomic E-state index is 12.7. The quantitative estimate of drug-likeness (QED) is 0.740. The van der Waals surface area contributed by atoms with Gasteiger partial charge in [0.1, 0.15) is 0 Å². The molecular weight excluding hydrogens is 382 g/mol. The molecule has 1 atom stereocenters. The van der Waals surface area contributed by atoms with Gasteiger partial charge in [0.05, 0.1) is 6.04 Å². The van der Waals surface area contributed by atoms with Crippen LogP contribution >= 0.6 is 0 Å². The summed E-state index contributed by atoms with van der Waals surface area (Å²) in [5.74, 6) is 1.60. The van der Waals surface area contributed by atoms with E-state index in [1.807, 2.05) is 19.1 Å². The zero-order valence-electron chi connectivity index (χ0n) is 17.4. The topological polar surface area (TPSA) is 71.1 Å². The Kier molecular flexibility index (Phi) is 6.01. The Hall–Kier alpha value is -2.90. The molecule has 2 aliphatic rings. The van der Waals surface area contributed by atoms with Crippen LogP contribution in [0, 0.1) is 0 Å². The summed E-state index contributed by atoms with van der Waals surface area (Å²) in [7, 11) is 0. The predicted octanol–water partition coefficient (Wildman–Crippen LogP) is 2.76. The lowest BCUT2D eigenvalue weighted by molar-refractivity contribution is -0.121. The van der Waals surface area contributed by atoms with Gasteiger partial charge in [-0.1, -0.05) is 6.07 Å². The van der Waals surface area contributed by atoms with Crippen LogP contribution < -0.4 is 14.8 Å². The van der Waals surface area contributed by atoms with Gasteiger partial charge >= 0.3 is 0 Å². The molecule has 30 heavy (non-hydrogen) atoms. The van der Waals surface area contributed by atoms with Crippen LogP contribution in [-0.2, 0) is 11.3 Å². The van der Waals surface area contributed by atoms with Crippen molar-refractivity contribution in [3.63, 3.8) is 0 Å². The number of ketones is 1. The third-order valence-electron chi connectivity index (χ3n) is 5.74. The normalized spacial score (nSPS) is 17.5. The van der Waals surface area contributed by atoms with Gasteiger partial charge in [0.2, 0.25) is 12.7 Å². The van der Waals surface area contributed by atoms with Crippen molar-refractivity contribution in [1.82, 2.24) is 9.80 Å². The molecule has 158 valence electrons. The number of anilines is 1. The first-order chi connectivity index (χ1) is 14.5. The number of amides is 1. The van der Waals surface area contributed by atoms with E-state index in [1.165, 1.54) is 12.5 Å². The molecule has 1 saturated heterocycles. The molecule has 0 radical (unpaired) electrons. The molecule has 0 aliphatic carbocycles. The number of fused-ring (bicyclic) bond motifs is 1. The molecule has 1 fully saturated rings. The zero-order chi connectivity index (χ0) is 21.1. The fraction of sp³-hybridized carbons (Fsp3) is 0.391. The number of ether oxygens (including phenoxy) is 2. The van der Waals surface area contributed by atoms with Gasteiger partial charge < -0.3 is 14.8 Å². The number of benzene rings is 2. The number of hydrogen-bond acceptors (Lipinski definition) is 6. The molecule has 0 spiro atoms. The number of hydrogen-bond donors (Lipinski definition) is 1. The SMILES string of the molecule is CC(=O)c1ccc(NC(=O)C(C)N2CCN(Cc3ccc4c(c3)OCO4)CC2)cc1. The van der Waals surface area contributed by atoms with E-state index in [9.17, 15) is 9.59 Å². The minimum Gasteiger partial charge on any atom is -0.454 e. The number of piperazine rings is 1. The Bertz CT molecular complexity index is 921. The Balaban J connectivity index is 1.26. The van der Waals surface area contributed by atoms with Crippen molar-refractivity contribution in [2.45, 2.75) is 26.4 Å². The summed E-state index contributed by atoms with van der Waals surface area (Å²) < 4.78 is 10.8. The zero-order valence-corrected chi connectivity index (χ0v) is 17.4. The minimum atomic E-state index is -0.217. The summed E-state index contributed by atoms with van der Waals surface area (Å²) in [6.45, 7) is 8.09. The largest absolute Gasteiger partial charge is 0.454 e. The highest BCUT2D eigenvalue weighted by Crippen LogP contribution is 2.32. The second-order valence-corrected chi connectivity index (χ2v) is 7.80. The van der Waals surface area contributed by atoms with E-state index in [-0.39, 0.29) is 24.5 Å². The maximum absolute atomic E-state index is 12.7. The molecule has 7 heteroatoms. The van der Waals surface area contributed by atoms with Crippen LogP contribution in [0.2, 0.25) is 0 Å². The van der Waals surface area contributed by atoms with Crippen LogP contribution in [0.4, 0.5) is 5.69 Å². The molecule has 2 aromatic rings. The van der Waals surface area contributed by atoms with Gasteiger partial charge in [-0.25, -0.2) is 0 Å². The van der Waals surface area contributed by atoms with Gasteiger partial charge in [-0.05, 0) is 55.8 Å². The van der Waals surface area contributed by atoms with E-state index in [4.69, 9.17) is 9.47 Å². The maximum Gasteiger partial charge on any atom is 0.241 e. The summed E-state index contributed by atoms with van der Waals surface area (Å²) in [6.07, 6.45) is 0. The van der Waals surface area contributed by atoms with Crippen molar-refractivity contribution >= 4 is 17.4 Å². The molecule has 1 amide bonds. The van der Waals surface area contributed by atoms with Crippen molar-refractivity contribution in [2.75, 3.05) is 38.3 Å². The van der Waals surface area contributed by atoms with E-state index in [2.05, 4.69) is 21.2 Å². The van der Waals surface area contributed by atoms with Gasteiger partial charge in [-0.3, -0.25) is 19.4 Å². The van der Waals surface area contributed by atoms with E-state index in [1.54, 1.807) is 24.3 Å². The minimum absolute atomic E-state index is 0.0138. The number of nitrogens with one attached hydrogen (secondary N) is 1. The fourth-order valence-electron chi connectivity index (χ4n) is 3.81. The number of carbonyl (C=O) groups excluding carboxylic acids is 2. The summed E-state index contributed by atoms with van der Waals surface area (Å²) in [6, 6.07) is 12.9. The number of Topliss-reactive ketones (excluding diaryl/α,β-unsaturated/α-hetero) is 1. The highest BCUT2D eigenvalue weighted by Gasteiger charge is 2.26. The summed E-state index contributed by atoms with van der Waals surface area (Å²) in [5, 5.41) is 2.95. The average Bonchev–Trinajstić information content (AvgIpc) is 3.22. The molecule has 0 saturated carbocycles. The van der Waals surface area contributed by atoms with Crippen LogP contribution in [0.5, 0.6) is 11.5 Å². The molecule has 1 unspecified atom stereocenters. The second kappa shape index (κ2) is 8.85. The van der Waals surface area contributed by atoms with Crippen molar-refractivity contribution in [3.8, 4) is 11.5 Å². The lowest BCUT2D eigenvalue weighted by Crippen LogP contribution is -2.52. The molecule has 4 rings (SSSR count). The number of nitrogens with zero attached hydrogens (tertiary/aromatic N) is 2. The molecule has 1 N–H and O–H groups in total. The van der Waals surface area contributed by atoms with Crippen LogP contribution in [-0.4, -0.2) is 60.5 Å². The van der Waals surface area contributed by atoms with Crippen molar-refractivity contribution in [3.05, 3.63) is 53.6 Å². The third-order valence-corrected chi connectivity index (χ3v) is 5.74. The molecule has 2 aliphatic heterocycles. The van der Waals surface area contributed by atoms with Crippen molar-refractivity contribution in [1.29, 1.82) is 0 Å². The molecular formula is C23H27N3O4. The molecule has 0 aromatic heterocycles. The molecule has 7 nitrogen and oxygen atoms in total. The van der Waals surface area contributed by atoms with Gasteiger partial charge in [0.15, 0.2) is 17.3 Å². The Morgan fingerprint density at radius 3 is 2.40 bits per heavy atom. The first-order valence-electron chi connectivity index (χ1n) is 10.3. The summed E-state index contributed by atoms with van der Waals surface area (Å²) in [4.78, 5) is 28.6. The standard InChI is InChI=1S/C23H27N3O4/c1-16(23(28)24-20-6-4-19(5-7-20)17(2)27)26-11-9-25(10-12-26)14-18-3-8-21-22(13-18)30-15-29-21/h3-8,13,16H,9-12,14-15H2,1-2H3,(H,24,28). The molecule has 2 aromatic carbocycles. The Labute approximate surface area is 176 Å². The number of carbonyl (C=O) groups is 2. The highest BCUT2D eigenvalue weighted by molar-refractivity contribution is 5.97. The number of rotatable bonds is 6. The van der Waals surface area contributed by atoms with Crippen LogP contribution in [0.25, 0.3) is 0 Å². The van der Waals surface area contributed by atoms with Gasteiger partial charge in [-0.15, -0.1) is 0 Å². The van der Waals surface area contributed by atoms with Crippen molar-refractivity contribution in [2.24, 2.45) is 0 Å². The molecule has 2 heterocycles. The summed E-state index contributed by atoms with van der Waals surface area (Å²) in [5.41, 5.74) is 2.55. The van der Waals surface area contributed by atoms with Crippen LogP contribution in [0.1, 0.15) is 29.8 Å². The molecule has 0 bridgehead atoms. The highest BCUT2D eigenvalue weighted by atomic mass is 16.7. The third kappa shape index (κ3) is 4.63. The van der Waals surface area contributed by atoms with E-state index >= 15 is 0 Å². The van der Waals surface area contributed by atoms with Gasteiger partial charge in [0.25, 0.3) is 0 Å².